The lowest BCUT2D eigenvalue weighted by atomic mass is 10.1. The van der Waals surface area contributed by atoms with Crippen molar-refractivity contribution in [2.24, 2.45) is 4.99 Å². The van der Waals surface area contributed by atoms with E-state index in [1.165, 1.54) is 0 Å². The Morgan fingerprint density at radius 3 is 2.71 bits per heavy atom. The highest BCUT2D eigenvalue weighted by atomic mass is 32.2. The van der Waals surface area contributed by atoms with Crippen molar-refractivity contribution in [2.45, 2.75) is 11.3 Å². The molecule has 0 aromatic carbocycles. The second-order valence-electron chi connectivity index (χ2n) is 1.73. The van der Waals surface area contributed by atoms with Crippen LogP contribution in [-0.2, 0) is 0 Å². The number of thioether (sulfide) groups is 1. The number of nitrogens with zero attached hydrogens (tertiary/aromatic N) is 1. The third-order valence-electron chi connectivity index (χ3n) is 1.29. The Kier molecular flexibility index (Phi) is 0.600. The van der Waals surface area contributed by atoms with E-state index in [2.05, 4.69) is 17.1 Å². The summed E-state index contributed by atoms with van der Waals surface area (Å²) in [6.45, 7) is 0. The van der Waals surface area contributed by atoms with Gasteiger partial charge in [0.25, 0.3) is 0 Å². The summed E-state index contributed by atoms with van der Waals surface area (Å²) in [4.78, 5) is 4.16. The Morgan fingerprint density at radius 1 is 1.43 bits per heavy atom. The van der Waals surface area contributed by atoms with E-state index in [1.54, 1.807) is 0 Å². The van der Waals surface area contributed by atoms with Crippen molar-refractivity contribution in [1.82, 2.24) is 0 Å². The molecule has 0 bridgehead atoms. The summed E-state index contributed by atoms with van der Waals surface area (Å²) in [7, 11) is 0. The number of rotatable bonds is 0. The molecule has 0 amide bonds. The van der Waals surface area contributed by atoms with Crippen molar-refractivity contribution in [3.8, 4) is 0 Å². The van der Waals surface area contributed by atoms with E-state index in [-0.39, 0.29) is 0 Å². The summed E-state index contributed by atoms with van der Waals surface area (Å²) in [6.07, 6.45) is 4.34. The van der Waals surface area contributed by atoms with Crippen molar-refractivity contribution in [2.75, 3.05) is 0 Å². The minimum absolute atomic E-state index is 0.546. The lowest BCUT2D eigenvalue weighted by Gasteiger charge is -2.16. The molecule has 0 saturated heterocycles. The first-order valence-corrected chi connectivity index (χ1v) is 3.26. The van der Waals surface area contributed by atoms with E-state index in [0.29, 0.717) is 11.3 Å². The van der Waals surface area contributed by atoms with Gasteiger partial charge in [-0.3, -0.25) is 4.99 Å². The Labute approximate surface area is 46.5 Å². The number of hydrogen-bond donors (Lipinski definition) is 0. The standard InChI is InChI=1S/C5H5NS/c1-2-5-4(1)6-3-7-5/h1-5H. The number of aliphatic imine (C=N–C) groups is 1. The summed E-state index contributed by atoms with van der Waals surface area (Å²) >= 11 is 1.81. The number of hydrogen-bond acceptors (Lipinski definition) is 2. The van der Waals surface area contributed by atoms with Crippen molar-refractivity contribution in [3.05, 3.63) is 12.2 Å². The minimum Gasteiger partial charge on any atom is -0.277 e. The van der Waals surface area contributed by atoms with Crippen molar-refractivity contribution in [3.63, 3.8) is 0 Å². The Hall–Kier alpha value is -0.240. The predicted molar refractivity (Wildman–Crippen MR) is 32.8 cm³/mol. The Bertz CT molecular complexity index is 139. The van der Waals surface area contributed by atoms with Gasteiger partial charge in [0.2, 0.25) is 0 Å². The molecule has 36 valence electrons. The lowest BCUT2D eigenvalue weighted by Crippen LogP contribution is -2.20. The third kappa shape index (κ3) is 0.374. The molecule has 0 fully saturated rings. The van der Waals surface area contributed by atoms with E-state index in [0.717, 1.165) is 0 Å². The SMILES string of the molecule is C1=CC2SC=NC12. The molecule has 7 heavy (non-hydrogen) atoms. The molecule has 0 radical (unpaired) electrons. The molecular formula is C5H5NS. The van der Waals surface area contributed by atoms with Crippen LogP contribution in [0.5, 0.6) is 0 Å². The van der Waals surface area contributed by atoms with Gasteiger partial charge in [-0.1, -0.05) is 12.2 Å². The third-order valence-corrected chi connectivity index (χ3v) is 2.28. The second kappa shape index (κ2) is 1.13. The quantitative estimate of drug-likeness (QED) is 0.426. The van der Waals surface area contributed by atoms with E-state index >= 15 is 0 Å². The molecule has 2 unspecified atom stereocenters. The van der Waals surface area contributed by atoms with Crippen LogP contribution in [0.25, 0.3) is 0 Å². The first-order valence-electron chi connectivity index (χ1n) is 2.32. The highest BCUT2D eigenvalue weighted by Crippen LogP contribution is 2.30. The van der Waals surface area contributed by atoms with Crippen molar-refractivity contribution in [1.29, 1.82) is 0 Å². The Balaban J connectivity index is 2.29. The van der Waals surface area contributed by atoms with Gasteiger partial charge in [0.15, 0.2) is 0 Å². The van der Waals surface area contributed by atoms with Crippen LogP contribution in [0.1, 0.15) is 0 Å². The molecule has 2 heteroatoms. The van der Waals surface area contributed by atoms with Crippen LogP contribution < -0.4 is 0 Å². The van der Waals surface area contributed by atoms with Crippen LogP contribution in [0.3, 0.4) is 0 Å². The average molecular weight is 111 g/mol. The van der Waals surface area contributed by atoms with Gasteiger partial charge in [0.05, 0.1) is 16.8 Å². The molecule has 1 nitrogen and oxygen atoms in total. The maximum Gasteiger partial charge on any atom is 0.0843 e. The maximum absolute atomic E-state index is 4.16. The largest absolute Gasteiger partial charge is 0.277 e. The molecule has 0 aromatic rings. The van der Waals surface area contributed by atoms with Gasteiger partial charge >= 0.3 is 0 Å². The molecule has 2 aliphatic rings. The maximum atomic E-state index is 4.16. The van der Waals surface area contributed by atoms with Crippen LogP contribution in [0.4, 0.5) is 0 Å². The monoisotopic (exact) mass is 111 g/mol. The number of fused-ring (bicyclic) bond motifs is 1. The summed E-state index contributed by atoms with van der Waals surface area (Å²) in [5.41, 5.74) is 1.94. The zero-order valence-corrected chi connectivity index (χ0v) is 4.56. The fourth-order valence-corrected chi connectivity index (χ4v) is 1.59. The average Bonchev–Trinajstić information content (AvgIpc) is 1.85. The van der Waals surface area contributed by atoms with Crippen molar-refractivity contribution < 1.29 is 0 Å². The molecule has 2 rings (SSSR count). The zero-order valence-electron chi connectivity index (χ0n) is 3.74. The fourth-order valence-electron chi connectivity index (χ4n) is 0.737. The molecule has 1 heterocycles. The molecule has 0 spiro atoms. The van der Waals surface area contributed by atoms with Gasteiger partial charge in [-0.25, -0.2) is 0 Å². The highest BCUT2D eigenvalue weighted by molar-refractivity contribution is 8.13. The molecule has 1 aliphatic heterocycles. The van der Waals surface area contributed by atoms with E-state index in [4.69, 9.17) is 0 Å². The fraction of sp³-hybridized carbons (Fsp3) is 0.400. The topological polar surface area (TPSA) is 12.4 Å². The normalized spacial score (nSPS) is 43.4. The van der Waals surface area contributed by atoms with E-state index < -0.39 is 0 Å². The molecule has 0 N–H and O–H groups in total. The molecule has 1 aliphatic carbocycles. The molecule has 2 atom stereocenters. The van der Waals surface area contributed by atoms with Gasteiger partial charge in [-0.05, 0) is 0 Å². The minimum atomic E-state index is 0.546. The first-order chi connectivity index (χ1) is 3.47. The predicted octanol–water partition coefficient (Wildman–Crippen LogP) is 1.07. The van der Waals surface area contributed by atoms with Crippen molar-refractivity contribution >= 4 is 17.3 Å². The van der Waals surface area contributed by atoms with Gasteiger partial charge < -0.3 is 0 Å². The van der Waals surface area contributed by atoms with Gasteiger partial charge in [0.1, 0.15) is 0 Å². The van der Waals surface area contributed by atoms with E-state index in [9.17, 15) is 0 Å². The summed E-state index contributed by atoms with van der Waals surface area (Å²) in [5, 5.41) is 0.708. The smallest absolute Gasteiger partial charge is 0.0843 e. The van der Waals surface area contributed by atoms with Gasteiger partial charge in [0, 0.05) is 0 Å². The molecule has 0 saturated carbocycles. The second-order valence-corrected chi connectivity index (χ2v) is 2.76. The molecular weight excluding hydrogens is 106 g/mol. The van der Waals surface area contributed by atoms with E-state index in [1.807, 2.05) is 17.3 Å². The zero-order chi connectivity index (χ0) is 4.69. The lowest BCUT2D eigenvalue weighted by molar-refractivity contribution is 0.808. The highest BCUT2D eigenvalue weighted by Gasteiger charge is 2.26. The Morgan fingerprint density at radius 2 is 2.43 bits per heavy atom. The summed E-state index contributed by atoms with van der Waals surface area (Å²) < 4.78 is 0. The first kappa shape index (κ1) is 3.72. The van der Waals surface area contributed by atoms with Gasteiger partial charge in [-0.15, -0.1) is 11.8 Å². The van der Waals surface area contributed by atoms with Crippen LogP contribution >= 0.6 is 11.8 Å². The summed E-state index contributed by atoms with van der Waals surface area (Å²) in [6, 6.07) is 0.546. The van der Waals surface area contributed by atoms with Crippen LogP contribution in [0.2, 0.25) is 0 Å². The van der Waals surface area contributed by atoms with Gasteiger partial charge in [-0.2, -0.15) is 0 Å². The summed E-state index contributed by atoms with van der Waals surface area (Å²) in [5.74, 6) is 0. The molecule has 0 aromatic heterocycles. The van der Waals surface area contributed by atoms with Crippen LogP contribution in [-0.4, -0.2) is 16.8 Å². The van der Waals surface area contributed by atoms with Crippen LogP contribution in [0.15, 0.2) is 17.1 Å². The van der Waals surface area contributed by atoms with Crippen LogP contribution in [0, 0.1) is 0 Å².